The Morgan fingerprint density at radius 1 is 1.43 bits per heavy atom. The van der Waals surface area contributed by atoms with Gasteiger partial charge in [-0.3, -0.25) is 4.79 Å². The molecule has 0 saturated carbocycles. The zero-order valence-corrected chi connectivity index (χ0v) is 12.9. The van der Waals surface area contributed by atoms with Crippen molar-refractivity contribution >= 4 is 21.9 Å². The van der Waals surface area contributed by atoms with Gasteiger partial charge in [0.25, 0.3) is 0 Å². The first-order chi connectivity index (χ1) is 9.61. The number of sulfonamides is 1. The molecule has 0 fully saturated rings. The Morgan fingerprint density at radius 2 is 2.00 bits per heavy atom. The van der Waals surface area contributed by atoms with Crippen LogP contribution in [0.3, 0.4) is 0 Å². The lowest BCUT2D eigenvalue weighted by molar-refractivity contribution is -0.118. The number of carboxylic acid groups (broad SMARTS) is 1. The highest BCUT2D eigenvalue weighted by atomic mass is 32.2. The van der Waals surface area contributed by atoms with E-state index in [1.54, 1.807) is 20.8 Å². The van der Waals surface area contributed by atoms with E-state index in [0.717, 1.165) is 10.4 Å². The SMILES string of the molecule is CCN(CC(N)=O)S(=O)(=O)c1cc(C(=O)O)n(C(C)C)c1. The van der Waals surface area contributed by atoms with Crippen molar-refractivity contribution in [3.05, 3.63) is 18.0 Å². The van der Waals surface area contributed by atoms with Crippen molar-refractivity contribution in [1.29, 1.82) is 0 Å². The summed E-state index contributed by atoms with van der Waals surface area (Å²) in [5.41, 5.74) is 4.90. The fourth-order valence-corrected chi connectivity index (χ4v) is 3.33. The summed E-state index contributed by atoms with van der Waals surface area (Å²) in [5, 5.41) is 9.13. The summed E-state index contributed by atoms with van der Waals surface area (Å²) in [6.07, 6.45) is 1.26. The number of aromatic nitrogens is 1. The van der Waals surface area contributed by atoms with E-state index in [1.165, 1.54) is 10.8 Å². The Labute approximate surface area is 123 Å². The van der Waals surface area contributed by atoms with Crippen LogP contribution in [0.1, 0.15) is 37.3 Å². The molecule has 0 radical (unpaired) electrons. The van der Waals surface area contributed by atoms with Crippen molar-refractivity contribution in [2.75, 3.05) is 13.1 Å². The van der Waals surface area contributed by atoms with E-state index in [1.807, 2.05) is 0 Å². The van der Waals surface area contributed by atoms with Crippen LogP contribution in [0.25, 0.3) is 0 Å². The Hall–Kier alpha value is -1.87. The molecule has 9 heteroatoms. The van der Waals surface area contributed by atoms with Gasteiger partial charge in [-0.05, 0) is 19.9 Å². The van der Waals surface area contributed by atoms with Gasteiger partial charge in [0.15, 0.2) is 0 Å². The van der Waals surface area contributed by atoms with Gasteiger partial charge in [-0.15, -0.1) is 0 Å². The Morgan fingerprint density at radius 3 is 2.33 bits per heavy atom. The zero-order chi connectivity index (χ0) is 16.4. The molecule has 1 aromatic heterocycles. The summed E-state index contributed by atoms with van der Waals surface area (Å²) >= 11 is 0. The maximum atomic E-state index is 12.4. The molecule has 8 nitrogen and oxygen atoms in total. The highest BCUT2D eigenvalue weighted by Gasteiger charge is 2.28. The second-order valence-electron chi connectivity index (χ2n) is 4.76. The second-order valence-corrected chi connectivity index (χ2v) is 6.70. The van der Waals surface area contributed by atoms with E-state index in [-0.39, 0.29) is 23.2 Å². The number of likely N-dealkylation sites (N-methyl/N-ethyl adjacent to an activating group) is 1. The number of carbonyl (C=O) groups excluding carboxylic acids is 1. The smallest absolute Gasteiger partial charge is 0.352 e. The highest BCUT2D eigenvalue weighted by molar-refractivity contribution is 7.89. The summed E-state index contributed by atoms with van der Waals surface area (Å²) in [6, 6.07) is 0.868. The van der Waals surface area contributed by atoms with Crippen molar-refractivity contribution in [2.45, 2.75) is 31.7 Å². The summed E-state index contributed by atoms with van der Waals surface area (Å²) in [7, 11) is -3.97. The van der Waals surface area contributed by atoms with Crippen molar-refractivity contribution in [3.8, 4) is 0 Å². The number of carboxylic acids is 1. The van der Waals surface area contributed by atoms with Crippen LogP contribution in [0.5, 0.6) is 0 Å². The molecule has 0 aliphatic carbocycles. The molecule has 0 atom stereocenters. The van der Waals surface area contributed by atoms with Crippen LogP contribution in [-0.2, 0) is 14.8 Å². The topological polar surface area (TPSA) is 123 Å². The fourth-order valence-electron chi connectivity index (χ4n) is 1.88. The van der Waals surface area contributed by atoms with E-state index in [9.17, 15) is 18.0 Å². The van der Waals surface area contributed by atoms with Gasteiger partial charge in [0, 0.05) is 18.8 Å². The number of nitrogens with zero attached hydrogens (tertiary/aromatic N) is 2. The number of hydrogen-bond acceptors (Lipinski definition) is 4. The molecule has 21 heavy (non-hydrogen) atoms. The molecule has 0 aliphatic heterocycles. The van der Waals surface area contributed by atoms with Crippen LogP contribution in [-0.4, -0.2) is 47.4 Å². The molecule has 0 aromatic carbocycles. The van der Waals surface area contributed by atoms with E-state index in [4.69, 9.17) is 10.8 Å². The first-order valence-electron chi connectivity index (χ1n) is 6.34. The first-order valence-corrected chi connectivity index (χ1v) is 7.78. The molecular formula is C12H19N3O5S. The minimum absolute atomic E-state index is 0.0561. The Kier molecular flexibility index (Phi) is 5.13. The highest BCUT2D eigenvalue weighted by Crippen LogP contribution is 2.22. The van der Waals surface area contributed by atoms with Crippen LogP contribution >= 0.6 is 0 Å². The fraction of sp³-hybridized carbons (Fsp3) is 0.500. The molecule has 0 spiro atoms. The number of carbonyl (C=O) groups is 2. The largest absolute Gasteiger partial charge is 0.477 e. The van der Waals surface area contributed by atoms with Gasteiger partial charge < -0.3 is 15.4 Å². The number of hydrogen-bond donors (Lipinski definition) is 2. The first kappa shape index (κ1) is 17.2. The molecule has 3 N–H and O–H groups in total. The normalized spacial score (nSPS) is 12.0. The standard InChI is InChI=1S/C12H19N3O5S/c1-4-14(7-11(13)16)21(19,20)9-5-10(12(17)18)15(6-9)8(2)3/h5-6,8H,4,7H2,1-3H3,(H2,13,16)(H,17,18). The molecule has 0 aliphatic rings. The van der Waals surface area contributed by atoms with E-state index < -0.39 is 28.4 Å². The number of primary amides is 1. The number of nitrogens with two attached hydrogens (primary N) is 1. The lowest BCUT2D eigenvalue weighted by Gasteiger charge is -2.17. The van der Waals surface area contributed by atoms with E-state index in [2.05, 4.69) is 0 Å². The number of rotatable bonds is 7. The molecule has 0 unspecified atom stereocenters. The lowest BCUT2D eigenvalue weighted by Crippen LogP contribution is -2.38. The third-order valence-corrected chi connectivity index (χ3v) is 4.81. The van der Waals surface area contributed by atoms with Crippen LogP contribution in [0.2, 0.25) is 0 Å². The molecule has 1 rings (SSSR count). The molecule has 1 aromatic rings. The summed E-state index contributed by atoms with van der Waals surface area (Å²) in [6.45, 7) is 4.65. The molecule has 0 bridgehead atoms. The molecular weight excluding hydrogens is 298 g/mol. The lowest BCUT2D eigenvalue weighted by atomic mass is 10.3. The average molecular weight is 317 g/mol. The number of amides is 1. The predicted molar refractivity (Wildman–Crippen MR) is 75.4 cm³/mol. The van der Waals surface area contributed by atoms with Gasteiger partial charge >= 0.3 is 5.97 Å². The summed E-state index contributed by atoms with van der Waals surface area (Å²) < 4.78 is 27.1. The Balaban J connectivity index is 3.34. The van der Waals surface area contributed by atoms with E-state index >= 15 is 0 Å². The maximum absolute atomic E-state index is 12.4. The minimum atomic E-state index is -3.97. The third kappa shape index (κ3) is 3.61. The van der Waals surface area contributed by atoms with Gasteiger partial charge in [0.1, 0.15) is 10.6 Å². The second kappa shape index (κ2) is 6.27. The van der Waals surface area contributed by atoms with Crippen LogP contribution in [0.4, 0.5) is 0 Å². The van der Waals surface area contributed by atoms with Gasteiger partial charge in [-0.1, -0.05) is 6.92 Å². The van der Waals surface area contributed by atoms with Crippen molar-refractivity contribution < 1.29 is 23.1 Å². The van der Waals surface area contributed by atoms with Crippen molar-refractivity contribution in [3.63, 3.8) is 0 Å². The summed E-state index contributed by atoms with van der Waals surface area (Å²) in [4.78, 5) is 22.0. The minimum Gasteiger partial charge on any atom is -0.477 e. The van der Waals surface area contributed by atoms with Crippen molar-refractivity contribution in [2.24, 2.45) is 5.73 Å². The number of aromatic carboxylic acids is 1. The quantitative estimate of drug-likeness (QED) is 0.747. The molecule has 1 heterocycles. The van der Waals surface area contributed by atoms with Crippen LogP contribution < -0.4 is 5.73 Å². The van der Waals surface area contributed by atoms with Crippen LogP contribution in [0.15, 0.2) is 17.2 Å². The molecule has 1 amide bonds. The van der Waals surface area contributed by atoms with Crippen LogP contribution in [0, 0.1) is 0 Å². The van der Waals surface area contributed by atoms with Gasteiger partial charge in [0.2, 0.25) is 15.9 Å². The van der Waals surface area contributed by atoms with E-state index in [0.29, 0.717) is 0 Å². The maximum Gasteiger partial charge on any atom is 0.352 e. The monoisotopic (exact) mass is 317 g/mol. The molecule has 118 valence electrons. The van der Waals surface area contributed by atoms with Crippen molar-refractivity contribution in [1.82, 2.24) is 8.87 Å². The zero-order valence-electron chi connectivity index (χ0n) is 12.1. The van der Waals surface area contributed by atoms with Gasteiger partial charge in [-0.2, -0.15) is 4.31 Å². The van der Waals surface area contributed by atoms with Gasteiger partial charge in [-0.25, -0.2) is 13.2 Å². The Bertz CT molecular complexity index is 648. The predicted octanol–water partition coefficient (Wildman–Crippen LogP) is 0.263. The summed E-state index contributed by atoms with van der Waals surface area (Å²) in [5.74, 6) is -2.00. The molecule has 0 saturated heterocycles. The third-order valence-electron chi connectivity index (χ3n) is 2.92. The average Bonchev–Trinajstić information content (AvgIpc) is 2.81. The van der Waals surface area contributed by atoms with Gasteiger partial charge in [0.05, 0.1) is 6.54 Å².